The van der Waals surface area contributed by atoms with E-state index in [1.807, 2.05) is 30.3 Å². The van der Waals surface area contributed by atoms with E-state index in [2.05, 4.69) is 36.3 Å². The summed E-state index contributed by atoms with van der Waals surface area (Å²) in [4.78, 5) is 26.7. The molecule has 0 radical (unpaired) electrons. The van der Waals surface area contributed by atoms with Crippen molar-refractivity contribution in [2.45, 2.75) is 52.0 Å². The summed E-state index contributed by atoms with van der Waals surface area (Å²) in [5, 5.41) is 11.0. The van der Waals surface area contributed by atoms with Crippen LogP contribution in [0.5, 0.6) is 0 Å². The lowest BCUT2D eigenvalue weighted by molar-refractivity contribution is -0.138. The number of nitrogens with zero attached hydrogens (tertiary/aromatic N) is 2. The highest BCUT2D eigenvalue weighted by Crippen LogP contribution is 2.21. The first-order chi connectivity index (χ1) is 13.7. The molecule has 156 valence electrons. The number of carbonyl (C=O) groups excluding carboxylic acids is 2. The summed E-state index contributed by atoms with van der Waals surface area (Å²) < 4.78 is 0. The number of H-pyrrole nitrogens is 1. The Morgan fingerprint density at radius 2 is 2.03 bits per heavy atom. The summed E-state index contributed by atoms with van der Waals surface area (Å²) in [7, 11) is 0. The predicted octanol–water partition coefficient (Wildman–Crippen LogP) is 3.46. The molecule has 1 unspecified atom stereocenters. The van der Waals surface area contributed by atoms with Crippen molar-refractivity contribution in [1.82, 2.24) is 20.4 Å². The highest BCUT2D eigenvalue weighted by atomic mass is 35.5. The van der Waals surface area contributed by atoms with Crippen LogP contribution < -0.4 is 5.32 Å². The van der Waals surface area contributed by atoms with Crippen molar-refractivity contribution in [3.8, 4) is 0 Å². The smallest absolute Gasteiger partial charge is 0.225 e. The number of benzene rings is 1. The number of carbonyl (C=O) groups is 2. The molecule has 7 heteroatoms. The minimum Gasteiger partial charge on any atom is -0.350 e. The maximum absolute atomic E-state index is 12.6. The normalized spacial score (nSPS) is 17.4. The number of aromatic nitrogens is 2. The van der Waals surface area contributed by atoms with E-state index in [4.69, 9.17) is 11.6 Å². The van der Waals surface area contributed by atoms with E-state index in [0.717, 1.165) is 23.4 Å². The summed E-state index contributed by atoms with van der Waals surface area (Å²) in [5.41, 5.74) is 2.95. The molecule has 3 rings (SSSR count). The number of hydrogen-bond acceptors (Lipinski definition) is 3. The number of rotatable bonds is 6. The van der Waals surface area contributed by atoms with E-state index in [-0.39, 0.29) is 23.1 Å². The Hall–Kier alpha value is -2.34. The van der Waals surface area contributed by atoms with Gasteiger partial charge in [0.1, 0.15) is 0 Å². The molecule has 2 amide bonds. The van der Waals surface area contributed by atoms with Crippen molar-refractivity contribution in [3.05, 3.63) is 52.3 Å². The van der Waals surface area contributed by atoms with Crippen molar-refractivity contribution in [2.75, 3.05) is 13.1 Å². The highest BCUT2D eigenvalue weighted by Gasteiger charge is 2.30. The maximum Gasteiger partial charge on any atom is 0.225 e. The molecule has 0 saturated carbocycles. The first-order valence-electron chi connectivity index (χ1n) is 10.1. The van der Waals surface area contributed by atoms with Crippen LogP contribution in [-0.4, -0.2) is 40.0 Å². The van der Waals surface area contributed by atoms with Crippen LogP contribution in [0.2, 0.25) is 5.02 Å². The molecular formula is C22H29ClN4O2. The van der Waals surface area contributed by atoms with Crippen LogP contribution in [0.1, 0.15) is 50.6 Å². The van der Waals surface area contributed by atoms with Gasteiger partial charge in [-0.2, -0.15) is 5.10 Å². The number of hydrogen-bond donors (Lipinski definition) is 2. The number of aromatic amines is 1. The van der Waals surface area contributed by atoms with Crippen molar-refractivity contribution in [2.24, 2.45) is 5.92 Å². The lowest BCUT2D eigenvalue weighted by Gasteiger charge is -2.32. The number of likely N-dealkylation sites (tertiary alicyclic amines) is 1. The molecular weight excluding hydrogens is 388 g/mol. The van der Waals surface area contributed by atoms with Gasteiger partial charge < -0.3 is 10.2 Å². The van der Waals surface area contributed by atoms with Gasteiger partial charge >= 0.3 is 0 Å². The minimum atomic E-state index is -0.178. The lowest BCUT2D eigenvalue weighted by atomic mass is 9.92. The van der Waals surface area contributed by atoms with Gasteiger partial charge in [-0.25, -0.2) is 0 Å². The Morgan fingerprint density at radius 1 is 1.31 bits per heavy atom. The minimum absolute atomic E-state index is 0.0131. The van der Waals surface area contributed by atoms with Crippen LogP contribution in [0.15, 0.2) is 30.3 Å². The van der Waals surface area contributed by atoms with E-state index >= 15 is 0 Å². The Bertz CT molecular complexity index is 854. The maximum atomic E-state index is 12.6. The van der Waals surface area contributed by atoms with Gasteiger partial charge in [0, 0.05) is 29.9 Å². The van der Waals surface area contributed by atoms with Gasteiger partial charge in [-0.1, -0.05) is 44.5 Å². The standard InChI is InChI=1S/C22H29ClN4O2/c1-22(2,3)19-12-18(25-26-19)13-24-21(29)16-6-9-20(28)27(14-16)11-10-15-4-7-17(23)8-5-15/h4-5,7-8,12,16H,6,9-11,13-14H2,1-3H3,(H,24,29)(H,25,26). The van der Waals surface area contributed by atoms with Crippen LogP contribution in [0.4, 0.5) is 0 Å². The van der Waals surface area contributed by atoms with Gasteiger partial charge in [-0.3, -0.25) is 14.7 Å². The molecule has 0 aliphatic carbocycles. The molecule has 0 bridgehead atoms. The number of nitrogens with one attached hydrogen (secondary N) is 2. The molecule has 2 N–H and O–H groups in total. The molecule has 1 aliphatic rings. The fourth-order valence-electron chi connectivity index (χ4n) is 3.42. The number of amides is 2. The molecule has 2 heterocycles. The number of piperidine rings is 1. The molecule has 1 saturated heterocycles. The largest absolute Gasteiger partial charge is 0.350 e. The van der Waals surface area contributed by atoms with Crippen LogP contribution in [-0.2, 0) is 28.0 Å². The summed E-state index contributed by atoms with van der Waals surface area (Å²) in [6.45, 7) is 7.79. The average molecular weight is 417 g/mol. The van der Waals surface area contributed by atoms with Gasteiger partial charge in [0.05, 0.1) is 23.9 Å². The average Bonchev–Trinajstić information content (AvgIpc) is 3.16. The third-order valence-electron chi connectivity index (χ3n) is 5.31. The fourth-order valence-corrected chi connectivity index (χ4v) is 3.55. The lowest BCUT2D eigenvalue weighted by Crippen LogP contribution is -2.46. The quantitative estimate of drug-likeness (QED) is 0.756. The predicted molar refractivity (Wildman–Crippen MR) is 114 cm³/mol. The zero-order chi connectivity index (χ0) is 21.0. The zero-order valence-corrected chi connectivity index (χ0v) is 18.1. The summed E-state index contributed by atoms with van der Waals surface area (Å²) >= 11 is 5.92. The van der Waals surface area contributed by atoms with Gasteiger partial charge in [0.2, 0.25) is 11.8 Å². The van der Waals surface area contributed by atoms with Crippen molar-refractivity contribution >= 4 is 23.4 Å². The van der Waals surface area contributed by atoms with Crippen molar-refractivity contribution in [3.63, 3.8) is 0 Å². The number of halogens is 1. The topological polar surface area (TPSA) is 78.1 Å². The second kappa shape index (κ2) is 8.99. The summed E-state index contributed by atoms with van der Waals surface area (Å²) in [6.07, 6.45) is 1.76. The van der Waals surface area contributed by atoms with E-state index in [9.17, 15) is 9.59 Å². The molecule has 1 aromatic heterocycles. The molecule has 2 aromatic rings. The second-order valence-corrected chi connectivity index (χ2v) is 9.13. The highest BCUT2D eigenvalue weighted by molar-refractivity contribution is 6.30. The third-order valence-corrected chi connectivity index (χ3v) is 5.56. The Balaban J connectivity index is 1.51. The Labute approximate surface area is 177 Å². The molecule has 1 atom stereocenters. The fraction of sp³-hybridized carbons (Fsp3) is 0.500. The monoisotopic (exact) mass is 416 g/mol. The van der Waals surface area contributed by atoms with Gasteiger partial charge in [0.15, 0.2) is 0 Å². The summed E-state index contributed by atoms with van der Waals surface area (Å²) in [5.74, 6) is -0.0739. The SMILES string of the molecule is CC(C)(C)c1cc(CNC(=O)C2CCC(=O)N(CCc3ccc(Cl)cc3)C2)[nH]n1. The molecule has 1 fully saturated rings. The first-order valence-corrected chi connectivity index (χ1v) is 10.4. The van der Waals surface area contributed by atoms with Gasteiger partial charge in [-0.15, -0.1) is 0 Å². The molecule has 6 nitrogen and oxygen atoms in total. The second-order valence-electron chi connectivity index (χ2n) is 8.70. The van der Waals surface area contributed by atoms with Crippen LogP contribution in [0, 0.1) is 5.92 Å². The Morgan fingerprint density at radius 3 is 2.69 bits per heavy atom. The first kappa shape index (κ1) is 21.4. The molecule has 1 aromatic carbocycles. The van der Waals surface area contributed by atoms with Gasteiger partial charge in [-0.05, 0) is 36.6 Å². The van der Waals surface area contributed by atoms with E-state index in [0.29, 0.717) is 37.5 Å². The third kappa shape index (κ3) is 5.82. The zero-order valence-electron chi connectivity index (χ0n) is 17.3. The van der Waals surface area contributed by atoms with Crippen LogP contribution >= 0.6 is 11.6 Å². The van der Waals surface area contributed by atoms with E-state index in [1.54, 1.807) is 4.90 Å². The Kier molecular flexibility index (Phi) is 6.63. The summed E-state index contributed by atoms with van der Waals surface area (Å²) in [6, 6.07) is 9.63. The molecule has 29 heavy (non-hydrogen) atoms. The van der Waals surface area contributed by atoms with E-state index in [1.165, 1.54) is 0 Å². The van der Waals surface area contributed by atoms with Crippen LogP contribution in [0.25, 0.3) is 0 Å². The van der Waals surface area contributed by atoms with Crippen molar-refractivity contribution < 1.29 is 9.59 Å². The van der Waals surface area contributed by atoms with Gasteiger partial charge in [0.25, 0.3) is 0 Å². The molecule has 0 spiro atoms. The van der Waals surface area contributed by atoms with Crippen LogP contribution in [0.3, 0.4) is 0 Å². The molecule has 1 aliphatic heterocycles. The van der Waals surface area contributed by atoms with Crippen molar-refractivity contribution in [1.29, 1.82) is 0 Å². The van der Waals surface area contributed by atoms with E-state index < -0.39 is 0 Å².